The van der Waals surface area contributed by atoms with Crippen molar-refractivity contribution in [3.8, 4) is 0 Å². The summed E-state index contributed by atoms with van der Waals surface area (Å²) in [6.45, 7) is 4.22. The van der Waals surface area contributed by atoms with E-state index in [0.29, 0.717) is 17.0 Å². The Bertz CT molecular complexity index is 894. The van der Waals surface area contributed by atoms with Crippen LogP contribution in [-0.4, -0.2) is 5.91 Å². The van der Waals surface area contributed by atoms with Gasteiger partial charge in [-0.2, -0.15) is 0 Å². The van der Waals surface area contributed by atoms with E-state index >= 15 is 0 Å². The molecule has 0 spiro atoms. The van der Waals surface area contributed by atoms with Gasteiger partial charge in [-0.1, -0.05) is 12.1 Å². The summed E-state index contributed by atoms with van der Waals surface area (Å²) in [6.07, 6.45) is 0. The van der Waals surface area contributed by atoms with Crippen LogP contribution in [0.25, 0.3) is 11.0 Å². The number of amides is 1. The van der Waals surface area contributed by atoms with E-state index in [4.69, 9.17) is 4.42 Å². The second kappa shape index (κ2) is 5.77. The van der Waals surface area contributed by atoms with Gasteiger partial charge in [0.05, 0.1) is 4.88 Å². The molecule has 2 aromatic heterocycles. The Balaban J connectivity index is 1.96. The summed E-state index contributed by atoms with van der Waals surface area (Å²) in [4.78, 5) is 24.4. The summed E-state index contributed by atoms with van der Waals surface area (Å²) < 4.78 is 5.28. The summed E-state index contributed by atoms with van der Waals surface area (Å²) in [7, 11) is 0. The van der Waals surface area contributed by atoms with Crippen molar-refractivity contribution in [3.63, 3.8) is 0 Å². The van der Waals surface area contributed by atoms with Crippen molar-refractivity contribution < 1.29 is 9.21 Å². The van der Waals surface area contributed by atoms with Crippen LogP contribution >= 0.6 is 11.3 Å². The molecule has 0 saturated heterocycles. The normalized spacial score (nSPS) is 10.8. The summed E-state index contributed by atoms with van der Waals surface area (Å²) >= 11 is 1.39. The highest BCUT2D eigenvalue weighted by atomic mass is 32.1. The fourth-order valence-electron chi connectivity index (χ4n) is 2.58. The van der Waals surface area contributed by atoms with Crippen molar-refractivity contribution in [2.24, 2.45) is 0 Å². The Labute approximate surface area is 131 Å². The van der Waals surface area contributed by atoms with Crippen molar-refractivity contribution in [2.45, 2.75) is 20.4 Å². The topological polar surface area (TPSA) is 59.3 Å². The lowest BCUT2D eigenvalue weighted by Crippen LogP contribution is -2.22. The highest BCUT2D eigenvalue weighted by Gasteiger charge is 2.11. The summed E-state index contributed by atoms with van der Waals surface area (Å²) in [5.41, 5.74) is 2.99. The maximum Gasteiger partial charge on any atom is 0.336 e. The molecule has 0 radical (unpaired) electrons. The van der Waals surface area contributed by atoms with E-state index < -0.39 is 5.63 Å². The molecule has 3 rings (SSSR count). The molecule has 1 N–H and O–H groups in total. The van der Waals surface area contributed by atoms with Crippen LogP contribution < -0.4 is 10.9 Å². The third-order valence-electron chi connectivity index (χ3n) is 3.45. The van der Waals surface area contributed by atoms with Gasteiger partial charge in [0.25, 0.3) is 5.91 Å². The van der Waals surface area contributed by atoms with Gasteiger partial charge in [-0.15, -0.1) is 11.3 Å². The lowest BCUT2D eigenvalue weighted by atomic mass is 10.0. The van der Waals surface area contributed by atoms with E-state index in [1.807, 2.05) is 37.4 Å². The quantitative estimate of drug-likeness (QED) is 0.754. The van der Waals surface area contributed by atoms with Gasteiger partial charge in [0, 0.05) is 18.0 Å². The van der Waals surface area contributed by atoms with E-state index in [-0.39, 0.29) is 5.91 Å². The Morgan fingerprint density at radius 3 is 2.82 bits per heavy atom. The highest BCUT2D eigenvalue weighted by Crippen LogP contribution is 2.23. The van der Waals surface area contributed by atoms with Gasteiger partial charge >= 0.3 is 5.63 Å². The molecule has 112 valence electrons. The minimum absolute atomic E-state index is 0.138. The molecule has 0 unspecified atom stereocenters. The first-order valence-electron chi connectivity index (χ1n) is 6.90. The number of fused-ring (bicyclic) bond motifs is 1. The van der Waals surface area contributed by atoms with Gasteiger partial charge in [-0.3, -0.25) is 4.79 Å². The predicted octanol–water partition coefficient (Wildman–Crippen LogP) is 3.40. The van der Waals surface area contributed by atoms with Gasteiger partial charge in [-0.05, 0) is 48.1 Å². The van der Waals surface area contributed by atoms with E-state index in [2.05, 4.69) is 5.32 Å². The van der Waals surface area contributed by atoms with Crippen LogP contribution in [0, 0.1) is 13.8 Å². The van der Waals surface area contributed by atoms with Crippen LogP contribution in [0.1, 0.15) is 26.4 Å². The maximum atomic E-state index is 12.0. The van der Waals surface area contributed by atoms with Crippen molar-refractivity contribution >= 4 is 28.2 Å². The van der Waals surface area contributed by atoms with Crippen LogP contribution in [0.3, 0.4) is 0 Å². The Morgan fingerprint density at radius 2 is 2.09 bits per heavy atom. The molecule has 5 heteroatoms. The molecular formula is C17H15NO3S. The van der Waals surface area contributed by atoms with Gasteiger partial charge in [0.1, 0.15) is 5.58 Å². The average molecular weight is 313 g/mol. The largest absolute Gasteiger partial charge is 0.423 e. The van der Waals surface area contributed by atoms with Crippen LogP contribution in [0.2, 0.25) is 0 Å². The fourth-order valence-corrected chi connectivity index (χ4v) is 3.22. The second-order valence-electron chi connectivity index (χ2n) is 5.21. The van der Waals surface area contributed by atoms with Crippen LogP contribution in [0.4, 0.5) is 0 Å². The molecule has 0 saturated carbocycles. The highest BCUT2D eigenvalue weighted by molar-refractivity contribution is 7.12. The lowest BCUT2D eigenvalue weighted by molar-refractivity contribution is 0.0955. The van der Waals surface area contributed by atoms with Crippen molar-refractivity contribution in [1.29, 1.82) is 0 Å². The minimum atomic E-state index is -0.405. The molecular weight excluding hydrogens is 298 g/mol. The molecule has 0 aliphatic rings. The van der Waals surface area contributed by atoms with Crippen LogP contribution in [0.15, 0.2) is 44.9 Å². The first-order chi connectivity index (χ1) is 10.5. The zero-order valence-corrected chi connectivity index (χ0v) is 13.1. The molecule has 3 aromatic rings. The molecule has 22 heavy (non-hydrogen) atoms. The molecule has 0 fully saturated rings. The van der Waals surface area contributed by atoms with Crippen molar-refractivity contribution in [3.05, 3.63) is 67.7 Å². The van der Waals surface area contributed by atoms with E-state index in [9.17, 15) is 9.59 Å². The molecule has 0 aliphatic heterocycles. The van der Waals surface area contributed by atoms with Crippen LogP contribution in [-0.2, 0) is 6.54 Å². The molecule has 1 aromatic carbocycles. The number of carbonyl (C=O) groups excluding carboxylic acids is 1. The molecule has 2 heterocycles. The number of hydrogen-bond donors (Lipinski definition) is 1. The Morgan fingerprint density at radius 1 is 1.27 bits per heavy atom. The zero-order chi connectivity index (χ0) is 15.7. The molecule has 0 aliphatic carbocycles. The smallest absolute Gasteiger partial charge is 0.336 e. The van der Waals surface area contributed by atoms with Crippen molar-refractivity contribution in [2.75, 3.05) is 0 Å². The summed E-state index contributed by atoms with van der Waals surface area (Å²) in [5.74, 6) is -0.138. The van der Waals surface area contributed by atoms with Gasteiger partial charge in [0.2, 0.25) is 0 Å². The van der Waals surface area contributed by atoms with E-state index in [1.54, 1.807) is 6.07 Å². The first-order valence-corrected chi connectivity index (χ1v) is 7.78. The molecule has 1 amide bonds. The van der Waals surface area contributed by atoms with E-state index in [0.717, 1.165) is 22.1 Å². The number of rotatable bonds is 3. The van der Waals surface area contributed by atoms with Crippen LogP contribution in [0.5, 0.6) is 0 Å². The number of benzene rings is 1. The SMILES string of the molecule is Cc1cc(C)c2c(CNC(=O)c3cccs3)cc(=O)oc2c1. The third kappa shape index (κ3) is 2.80. The monoisotopic (exact) mass is 313 g/mol. The van der Waals surface area contributed by atoms with Crippen molar-refractivity contribution in [1.82, 2.24) is 5.32 Å². The number of thiophene rings is 1. The Hall–Kier alpha value is -2.40. The molecule has 0 atom stereocenters. The molecule has 4 nitrogen and oxygen atoms in total. The lowest BCUT2D eigenvalue weighted by Gasteiger charge is -2.10. The second-order valence-corrected chi connectivity index (χ2v) is 6.15. The zero-order valence-electron chi connectivity index (χ0n) is 12.3. The summed E-state index contributed by atoms with van der Waals surface area (Å²) in [6, 6.07) is 8.92. The van der Waals surface area contributed by atoms with Gasteiger partial charge < -0.3 is 9.73 Å². The average Bonchev–Trinajstić information content (AvgIpc) is 2.97. The first kappa shape index (κ1) is 14.5. The summed E-state index contributed by atoms with van der Waals surface area (Å²) in [5, 5.41) is 5.59. The molecule has 0 bridgehead atoms. The number of aryl methyl sites for hydroxylation is 2. The standard InChI is InChI=1S/C17H15NO3S/c1-10-6-11(2)16-12(8-15(19)21-13(16)7-10)9-18-17(20)14-4-3-5-22-14/h3-8H,9H2,1-2H3,(H,18,20). The predicted molar refractivity (Wildman–Crippen MR) is 87.4 cm³/mol. The number of carbonyl (C=O) groups is 1. The fraction of sp³-hybridized carbons (Fsp3) is 0.176. The third-order valence-corrected chi connectivity index (χ3v) is 4.32. The van der Waals surface area contributed by atoms with Gasteiger partial charge in [-0.25, -0.2) is 4.79 Å². The Kier molecular flexibility index (Phi) is 3.81. The number of hydrogen-bond acceptors (Lipinski definition) is 4. The number of nitrogens with one attached hydrogen (secondary N) is 1. The van der Waals surface area contributed by atoms with E-state index in [1.165, 1.54) is 17.4 Å². The minimum Gasteiger partial charge on any atom is -0.423 e. The van der Waals surface area contributed by atoms with Gasteiger partial charge in [0.15, 0.2) is 0 Å². The maximum absolute atomic E-state index is 12.0.